The summed E-state index contributed by atoms with van der Waals surface area (Å²) in [5.41, 5.74) is 2.31. The van der Waals surface area contributed by atoms with Crippen molar-refractivity contribution in [2.24, 2.45) is 9.98 Å². The van der Waals surface area contributed by atoms with Crippen molar-refractivity contribution in [2.45, 2.75) is 13.5 Å². The highest BCUT2D eigenvalue weighted by Crippen LogP contribution is 2.40. The summed E-state index contributed by atoms with van der Waals surface area (Å²) in [6.07, 6.45) is 1.73. The second-order valence-corrected chi connectivity index (χ2v) is 8.42. The van der Waals surface area contributed by atoms with Crippen LogP contribution in [0, 0.1) is 6.92 Å². The molecule has 5 rings (SSSR count). The van der Waals surface area contributed by atoms with Crippen LogP contribution in [0.2, 0.25) is 0 Å². The van der Waals surface area contributed by atoms with Gasteiger partial charge in [0.1, 0.15) is 17.9 Å². The summed E-state index contributed by atoms with van der Waals surface area (Å²) in [4.78, 5) is 28.7. The van der Waals surface area contributed by atoms with E-state index >= 15 is 0 Å². The highest BCUT2D eigenvalue weighted by molar-refractivity contribution is 6.17. The molecule has 10 heteroatoms. The molecule has 10 nitrogen and oxygen atoms in total. The number of rotatable bonds is 6. The number of hydrogen-bond acceptors (Lipinski definition) is 9. The molecule has 0 N–H and O–H groups in total. The van der Waals surface area contributed by atoms with Crippen molar-refractivity contribution in [1.82, 2.24) is 14.7 Å². The first-order valence-corrected chi connectivity index (χ1v) is 11.3. The Morgan fingerprint density at radius 2 is 1.79 bits per heavy atom. The molecule has 0 aliphatic carbocycles. The SMILES string of the molecule is COc1ccc(CN2CCN(C(=O)c3c(C)oc4c3C3=NCCN3C=N4)CC2)c(OC)c1OC. The highest BCUT2D eigenvalue weighted by atomic mass is 16.5. The van der Waals surface area contributed by atoms with Gasteiger partial charge in [0.25, 0.3) is 5.91 Å². The van der Waals surface area contributed by atoms with Crippen molar-refractivity contribution in [2.75, 3.05) is 60.6 Å². The summed E-state index contributed by atoms with van der Waals surface area (Å²) in [6, 6.07) is 3.88. The minimum absolute atomic E-state index is 0.0301. The molecule has 2 aromatic rings. The maximum Gasteiger partial charge on any atom is 0.258 e. The highest BCUT2D eigenvalue weighted by Gasteiger charge is 2.36. The molecule has 0 atom stereocenters. The van der Waals surface area contributed by atoms with Crippen LogP contribution in [0.5, 0.6) is 17.2 Å². The van der Waals surface area contributed by atoms with Gasteiger partial charge in [0.05, 0.1) is 39.0 Å². The molecule has 0 unspecified atom stereocenters. The van der Waals surface area contributed by atoms with Gasteiger partial charge in [0.2, 0.25) is 11.6 Å². The number of methoxy groups -OCH3 is 3. The van der Waals surface area contributed by atoms with Crippen LogP contribution in [-0.2, 0) is 6.54 Å². The molecule has 34 heavy (non-hydrogen) atoms. The van der Waals surface area contributed by atoms with Crippen LogP contribution in [-0.4, -0.2) is 93.4 Å². The number of piperazine rings is 1. The predicted molar refractivity (Wildman–Crippen MR) is 127 cm³/mol. The van der Waals surface area contributed by atoms with Crippen molar-refractivity contribution in [3.63, 3.8) is 0 Å². The monoisotopic (exact) mass is 467 g/mol. The average molecular weight is 468 g/mol. The zero-order valence-electron chi connectivity index (χ0n) is 20.0. The summed E-state index contributed by atoms with van der Waals surface area (Å²) in [5, 5.41) is 0. The molecule has 3 aliphatic rings. The Morgan fingerprint density at radius 1 is 1.03 bits per heavy atom. The lowest BCUT2D eigenvalue weighted by Crippen LogP contribution is -2.48. The Kier molecular flexibility index (Phi) is 5.91. The third-order valence-electron chi connectivity index (χ3n) is 6.53. The van der Waals surface area contributed by atoms with Crippen molar-refractivity contribution in [3.05, 3.63) is 34.6 Å². The topological polar surface area (TPSA) is 92.3 Å². The van der Waals surface area contributed by atoms with Crippen LogP contribution in [0.3, 0.4) is 0 Å². The first-order chi connectivity index (χ1) is 16.5. The van der Waals surface area contributed by atoms with Gasteiger partial charge in [-0.15, -0.1) is 0 Å². The largest absolute Gasteiger partial charge is 0.493 e. The number of benzene rings is 1. The van der Waals surface area contributed by atoms with E-state index in [4.69, 9.17) is 18.6 Å². The van der Waals surface area contributed by atoms with E-state index in [0.29, 0.717) is 60.6 Å². The molecule has 1 aromatic heterocycles. The summed E-state index contributed by atoms with van der Waals surface area (Å²) in [5.74, 6) is 3.69. The van der Waals surface area contributed by atoms with Crippen molar-refractivity contribution < 1.29 is 23.4 Å². The quantitative estimate of drug-likeness (QED) is 0.644. The van der Waals surface area contributed by atoms with Gasteiger partial charge < -0.3 is 28.4 Å². The van der Waals surface area contributed by atoms with E-state index in [1.165, 1.54) is 0 Å². The van der Waals surface area contributed by atoms with Gasteiger partial charge in [-0.3, -0.25) is 14.7 Å². The number of ether oxygens (including phenoxy) is 3. The van der Waals surface area contributed by atoms with Gasteiger partial charge in [-0.25, -0.2) is 4.99 Å². The smallest absolute Gasteiger partial charge is 0.258 e. The van der Waals surface area contributed by atoms with E-state index in [2.05, 4.69) is 14.9 Å². The minimum atomic E-state index is -0.0301. The van der Waals surface area contributed by atoms with E-state index in [9.17, 15) is 4.79 Å². The fourth-order valence-electron chi connectivity index (χ4n) is 4.80. The second kappa shape index (κ2) is 9.02. The molecule has 180 valence electrons. The molecular weight excluding hydrogens is 438 g/mol. The third-order valence-corrected chi connectivity index (χ3v) is 6.53. The Balaban J connectivity index is 1.30. The fraction of sp³-hybridized carbons (Fsp3) is 0.458. The Hall–Kier alpha value is -3.53. The number of carbonyl (C=O) groups excluding carboxylic acids is 1. The normalized spacial score (nSPS) is 17.4. The summed E-state index contributed by atoms with van der Waals surface area (Å²) < 4.78 is 22.3. The number of fused-ring (bicyclic) bond motifs is 3. The lowest BCUT2D eigenvalue weighted by Gasteiger charge is -2.35. The van der Waals surface area contributed by atoms with Crippen molar-refractivity contribution in [3.8, 4) is 17.2 Å². The van der Waals surface area contributed by atoms with Gasteiger partial charge in [-0.05, 0) is 13.0 Å². The van der Waals surface area contributed by atoms with Crippen LogP contribution < -0.4 is 14.2 Å². The summed E-state index contributed by atoms with van der Waals surface area (Å²) >= 11 is 0. The molecule has 1 fully saturated rings. The van der Waals surface area contributed by atoms with Crippen LogP contribution in [0.4, 0.5) is 5.88 Å². The first kappa shape index (κ1) is 22.3. The summed E-state index contributed by atoms with van der Waals surface area (Å²) in [6.45, 7) is 6.69. The number of aryl methyl sites for hydroxylation is 1. The van der Waals surface area contributed by atoms with Crippen LogP contribution >= 0.6 is 0 Å². The van der Waals surface area contributed by atoms with Crippen LogP contribution in [0.1, 0.15) is 27.2 Å². The van der Waals surface area contributed by atoms with E-state index < -0.39 is 0 Å². The lowest BCUT2D eigenvalue weighted by molar-refractivity contribution is 0.0625. The van der Waals surface area contributed by atoms with E-state index in [-0.39, 0.29) is 5.91 Å². The Morgan fingerprint density at radius 3 is 2.50 bits per heavy atom. The number of carbonyl (C=O) groups is 1. The van der Waals surface area contributed by atoms with Crippen LogP contribution in [0.25, 0.3) is 0 Å². The number of amidine groups is 1. The van der Waals surface area contributed by atoms with E-state index in [1.54, 1.807) is 27.7 Å². The van der Waals surface area contributed by atoms with Gasteiger partial charge in [-0.2, -0.15) is 0 Å². The second-order valence-electron chi connectivity index (χ2n) is 8.42. The zero-order chi connectivity index (χ0) is 23.8. The molecule has 0 radical (unpaired) electrons. The first-order valence-electron chi connectivity index (χ1n) is 11.3. The maximum absolute atomic E-state index is 13.5. The Bertz CT molecular complexity index is 1160. The average Bonchev–Trinajstić information content (AvgIpc) is 3.47. The van der Waals surface area contributed by atoms with E-state index in [0.717, 1.165) is 36.6 Å². The van der Waals surface area contributed by atoms with E-state index in [1.807, 2.05) is 28.9 Å². The molecule has 1 saturated heterocycles. The molecular formula is C24H29N5O5. The van der Waals surface area contributed by atoms with Crippen molar-refractivity contribution >= 4 is 24.0 Å². The molecule has 0 saturated carbocycles. The van der Waals surface area contributed by atoms with Gasteiger partial charge in [-0.1, -0.05) is 6.07 Å². The Labute approximate surface area is 198 Å². The van der Waals surface area contributed by atoms with Gasteiger partial charge >= 0.3 is 0 Å². The number of amides is 1. The molecule has 0 bridgehead atoms. The number of nitrogens with zero attached hydrogens (tertiary/aromatic N) is 5. The molecule has 1 aromatic carbocycles. The van der Waals surface area contributed by atoms with Crippen LogP contribution in [0.15, 0.2) is 26.5 Å². The van der Waals surface area contributed by atoms with Crippen molar-refractivity contribution in [1.29, 1.82) is 0 Å². The minimum Gasteiger partial charge on any atom is -0.493 e. The molecule has 4 heterocycles. The lowest BCUT2D eigenvalue weighted by atomic mass is 10.1. The predicted octanol–water partition coefficient (Wildman–Crippen LogP) is 2.31. The maximum atomic E-state index is 13.5. The number of aliphatic imine (C=N–C) groups is 2. The molecule has 0 spiro atoms. The third kappa shape index (κ3) is 3.67. The summed E-state index contributed by atoms with van der Waals surface area (Å²) in [7, 11) is 4.84. The molecule has 3 aliphatic heterocycles. The number of hydrogen-bond donors (Lipinski definition) is 0. The van der Waals surface area contributed by atoms with Gasteiger partial charge in [0.15, 0.2) is 11.5 Å². The molecule has 1 amide bonds. The standard InChI is InChI=1S/C24H29N5O5/c1-15-18(19-22-25-7-8-29(22)14-26-23(19)34-15)24(30)28-11-9-27(10-12-28)13-16-5-6-17(31-2)21(33-4)20(16)32-3/h5-6,14H,7-13H2,1-4H3. The number of furan rings is 1. The zero-order valence-corrected chi connectivity index (χ0v) is 20.0. The fourth-order valence-corrected chi connectivity index (χ4v) is 4.80. The van der Waals surface area contributed by atoms with Gasteiger partial charge in [0, 0.05) is 44.8 Å².